The Hall–Kier alpha value is -2.00. The van der Waals surface area contributed by atoms with Crippen LogP contribution in [-0.4, -0.2) is 18.6 Å². The number of carbonyl (C=O) groups is 1. The first-order valence-corrected chi connectivity index (χ1v) is 7.21. The molecule has 110 valence electrons. The molecule has 0 aliphatic rings. The van der Waals surface area contributed by atoms with Crippen LogP contribution in [0.4, 0.5) is 5.69 Å². The molecule has 0 fully saturated rings. The Balaban J connectivity index is 2.06. The summed E-state index contributed by atoms with van der Waals surface area (Å²) in [5, 5.41) is 0.587. The number of hydrogen-bond donors (Lipinski definition) is 0. The molecular formula is C17H18ClNO2. The lowest BCUT2D eigenvalue weighted by molar-refractivity contribution is -0.120. The van der Waals surface area contributed by atoms with Crippen molar-refractivity contribution in [3.63, 3.8) is 0 Å². The van der Waals surface area contributed by atoms with Crippen molar-refractivity contribution in [2.45, 2.75) is 19.9 Å². The van der Waals surface area contributed by atoms with Gasteiger partial charge in [0.2, 0.25) is 0 Å². The highest BCUT2D eigenvalue weighted by Gasteiger charge is 2.19. The maximum atomic E-state index is 12.4. The first-order valence-electron chi connectivity index (χ1n) is 6.83. The van der Waals surface area contributed by atoms with Crippen molar-refractivity contribution < 1.29 is 9.53 Å². The Morgan fingerprint density at radius 2 is 1.86 bits per heavy atom. The molecule has 4 heteroatoms. The van der Waals surface area contributed by atoms with Gasteiger partial charge in [-0.1, -0.05) is 35.9 Å². The molecule has 0 aliphatic carbocycles. The molecule has 2 rings (SSSR count). The van der Waals surface area contributed by atoms with Crippen LogP contribution in [0.1, 0.15) is 13.8 Å². The molecule has 0 atom stereocenters. The van der Waals surface area contributed by atoms with Gasteiger partial charge in [-0.25, -0.2) is 0 Å². The van der Waals surface area contributed by atoms with Crippen molar-refractivity contribution in [1.29, 1.82) is 0 Å². The van der Waals surface area contributed by atoms with Gasteiger partial charge in [0, 0.05) is 16.8 Å². The van der Waals surface area contributed by atoms with Crippen LogP contribution in [0.5, 0.6) is 5.75 Å². The Bertz CT molecular complexity index is 599. The topological polar surface area (TPSA) is 29.5 Å². The molecule has 3 nitrogen and oxygen atoms in total. The van der Waals surface area contributed by atoms with Gasteiger partial charge >= 0.3 is 0 Å². The second-order valence-electron chi connectivity index (χ2n) is 4.94. The van der Waals surface area contributed by atoms with E-state index >= 15 is 0 Å². The molecule has 0 saturated heterocycles. The van der Waals surface area contributed by atoms with Gasteiger partial charge in [-0.15, -0.1) is 0 Å². The Kier molecular flexibility index (Phi) is 5.23. The zero-order chi connectivity index (χ0) is 15.2. The molecule has 0 saturated carbocycles. The summed E-state index contributed by atoms with van der Waals surface area (Å²) in [5.74, 6) is 0.504. The molecule has 0 aromatic heterocycles. The Morgan fingerprint density at radius 3 is 2.48 bits per heavy atom. The number of rotatable bonds is 5. The van der Waals surface area contributed by atoms with E-state index in [0.717, 1.165) is 5.69 Å². The standard InChI is InChI=1S/C17H18ClNO2/c1-13(2)19(15-8-4-3-5-9-15)17(20)12-21-16-10-6-7-14(18)11-16/h3-11,13H,12H2,1-2H3. The lowest BCUT2D eigenvalue weighted by Gasteiger charge is -2.26. The summed E-state index contributed by atoms with van der Waals surface area (Å²) in [6.07, 6.45) is 0. The maximum absolute atomic E-state index is 12.4. The van der Waals surface area contributed by atoms with Gasteiger partial charge in [-0.05, 0) is 44.2 Å². The van der Waals surface area contributed by atoms with Crippen molar-refractivity contribution in [3.05, 3.63) is 59.6 Å². The predicted molar refractivity (Wildman–Crippen MR) is 86.0 cm³/mol. The van der Waals surface area contributed by atoms with Gasteiger partial charge in [0.25, 0.3) is 5.91 Å². The van der Waals surface area contributed by atoms with E-state index in [1.54, 1.807) is 29.2 Å². The molecule has 21 heavy (non-hydrogen) atoms. The Labute approximate surface area is 130 Å². The van der Waals surface area contributed by atoms with Crippen molar-refractivity contribution in [1.82, 2.24) is 0 Å². The highest BCUT2D eigenvalue weighted by molar-refractivity contribution is 6.30. The van der Waals surface area contributed by atoms with Gasteiger partial charge in [-0.3, -0.25) is 4.79 Å². The number of amides is 1. The Morgan fingerprint density at radius 1 is 1.14 bits per heavy atom. The number of nitrogens with zero attached hydrogens (tertiary/aromatic N) is 1. The molecule has 0 radical (unpaired) electrons. The largest absolute Gasteiger partial charge is 0.484 e. The van der Waals surface area contributed by atoms with E-state index in [-0.39, 0.29) is 18.6 Å². The van der Waals surface area contributed by atoms with E-state index in [4.69, 9.17) is 16.3 Å². The second-order valence-corrected chi connectivity index (χ2v) is 5.38. The lowest BCUT2D eigenvalue weighted by atomic mass is 10.2. The monoisotopic (exact) mass is 303 g/mol. The minimum Gasteiger partial charge on any atom is -0.484 e. The fourth-order valence-corrected chi connectivity index (χ4v) is 2.27. The van der Waals surface area contributed by atoms with Crippen LogP contribution >= 0.6 is 11.6 Å². The first-order chi connectivity index (χ1) is 10.1. The number of carbonyl (C=O) groups excluding carboxylic acids is 1. The molecule has 0 unspecified atom stereocenters. The fourth-order valence-electron chi connectivity index (χ4n) is 2.09. The molecule has 0 bridgehead atoms. The summed E-state index contributed by atoms with van der Waals surface area (Å²) >= 11 is 5.89. The van der Waals surface area contributed by atoms with Crippen molar-refractivity contribution in [2.24, 2.45) is 0 Å². The van der Waals surface area contributed by atoms with Crippen LogP contribution in [-0.2, 0) is 4.79 Å². The summed E-state index contributed by atoms with van der Waals surface area (Å²) in [4.78, 5) is 14.1. The van der Waals surface area contributed by atoms with E-state index in [1.165, 1.54) is 0 Å². The normalized spacial score (nSPS) is 10.5. The third kappa shape index (κ3) is 4.23. The molecule has 2 aromatic rings. The quantitative estimate of drug-likeness (QED) is 0.830. The number of para-hydroxylation sites is 1. The van der Waals surface area contributed by atoms with E-state index in [0.29, 0.717) is 10.8 Å². The molecule has 2 aromatic carbocycles. The van der Waals surface area contributed by atoms with E-state index < -0.39 is 0 Å². The van der Waals surface area contributed by atoms with Crippen LogP contribution in [0.3, 0.4) is 0 Å². The summed E-state index contributed by atoms with van der Waals surface area (Å²) < 4.78 is 5.53. The van der Waals surface area contributed by atoms with E-state index in [1.807, 2.05) is 44.2 Å². The van der Waals surface area contributed by atoms with Gasteiger partial charge in [0.05, 0.1) is 0 Å². The molecule has 0 spiro atoms. The average Bonchev–Trinajstić information content (AvgIpc) is 2.46. The van der Waals surface area contributed by atoms with Gasteiger partial charge in [0.15, 0.2) is 6.61 Å². The van der Waals surface area contributed by atoms with E-state index in [2.05, 4.69) is 0 Å². The van der Waals surface area contributed by atoms with Crippen LogP contribution < -0.4 is 9.64 Å². The van der Waals surface area contributed by atoms with Crippen molar-refractivity contribution in [3.8, 4) is 5.75 Å². The van der Waals surface area contributed by atoms with Crippen LogP contribution in [0.15, 0.2) is 54.6 Å². The van der Waals surface area contributed by atoms with Crippen LogP contribution in [0.2, 0.25) is 5.02 Å². The molecule has 1 amide bonds. The van der Waals surface area contributed by atoms with E-state index in [9.17, 15) is 4.79 Å². The summed E-state index contributed by atoms with van der Waals surface area (Å²) in [7, 11) is 0. The third-order valence-electron chi connectivity index (χ3n) is 2.98. The summed E-state index contributed by atoms with van der Waals surface area (Å²) in [6, 6.07) is 16.7. The summed E-state index contributed by atoms with van der Waals surface area (Å²) in [5.41, 5.74) is 0.868. The number of ether oxygens (including phenoxy) is 1. The van der Waals surface area contributed by atoms with Crippen molar-refractivity contribution in [2.75, 3.05) is 11.5 Å². The zero-order valence-corrected chi connectivity index (χ0v) is 12.9. The molecule has 0 N–H and O–H groups in total. The molecular weight excluding hydrogens is 286 g/mol. The number of anilines is 1. The molecule has 0 heterocycles. The smallest absolute Gasteiger partial charge is 0.265 e. The SMILES string of the molecule is CC(C)N(C(=O)COc1cccc(Cl)c1)c1ccccc1. The first kappa shape index (κ1) is 15.4. The highest BCUT2D eigenvalue weighted by atomic mass is 35.5. The van der Waals surface area contributed by atoms with Gasteiger partial charge in [-0.2, -0.15) is 0 Å². The molecule has 0 aliphatic heterocycles. The van der Waals surface area contributed by atoms with Crippen LogP contribution in [0, 0.1) is 0 Å². The third-order valence-corrected chi connectivity index (χ3v) is 3.21. The minimum atomic E-state index is -0.0869. The average molecular weight is 304 g/mol. The van der Waals surface area contributed by atoms with Gasteiger partial charge in [0.1, 0.15) is 5.75 Å². The van der Waals surface area contributed by atoms with Crippen molar-refractivity contribution >= 4 is 23.2 Å². The number of halogens is 1. The maximum Gasteiger partial charge on any atom is 0.265 e. The lowest BCUT2D eigenvalue weighted by Crippen LogP contribution is -2.40. The zero-order valence-electron chi connectivity index (χ0n) is 12.1. The number of hydrogen-bond acceptors (Lipinski definition) is 2. The summed E-state index contributed by atoms with van der Waals surface area (Å²) in [6.45, 7) is 3.93. The van der Waals surface area contributed by atoms with Gasteiger partial charge < -0.3 is 9.64 Å². The predicted octanol–water partition coefficient (Wildman–Crippen LogP) is 4.16. The second kappa shape index (κ2) is 7.14. The van der Waals surface area contributed by atoms with Crippen LogP contribution in [0.25, 0.3) is 0 Å². The minimum absolute atomic E-state index is 0.0204. The highest BCUT2D eigenvalue weighted by Crippen LogP contribution is 2.19. The fraction of sp³-hybridized carbons (Fsp3) is 0.235. The number of benzene rings is 2.